The summed E-state index contributed by atoms with van der Waals surface area (Å²) in [5.41, 5.74) is 13.0. The van der Waals surface area contributed by atoms with Crippen LogP contribution in [0.5, 0.6) is 5.75 Å². The number of rotatable bonds is 13. The van der Waals surface area contributed by atoms with Crippen molar-refractivity contribution in [3.63, 3.8) is 0 Å². The first-order valence-electron chi connectivity index (χ1n) is 21.8. The van der Waals surface area contributed by atoms with Crippen LogP contribution in [0.2, 0.25) is 0 Å². The standard InChI is InChI=1S/C29H32N4.C26H26N4O/c1-20-8-6-10-22(16-20)18-26-31-27(19-23-11-7-9-21(2)17-23)33-28(32-26)30-25-14-12-24(13-15-25)29(3,4)5;1-18-6-4-8-20(14-18)16-24-28-25(17-21-9-5-7-19(2)15-21)30-26(29-24)27-22-10-12-23(31-3)13-11-22/h6-17H,18-19H2,1-5H3,(H,30,31,32,33);4-15H,16-17H2,1-3H3,(H,27,28,29,30). The third kappa shape index (κ3) is 13.4. The first kappa shape index (κ1) is 44.8. The summed E-state index contributed by atoms with van der Waals surface area (Å²) in [6, 6.07) is 50.0. The van der Waals surface area contributed by atoms with E-state index in [2.05, 4.69) is 180 Å². The summed E-state index contributed by atoms with van der Waals surface area (Å²) in [7, 11) is 1.66. The van der Waals surface area contributed by atoms with E-state index in [4.69, 9.17) is 34.6 Å². The number of aromatic nitrogens is 6. The van der Waals surface area contributed by atoms with Crippen molar-refractivity contribution in [3.05, 3.63) is 219 Å². The molecule has 0 aliphatic carbocycles. The fourth-order valence-electron chi connectivity index (χ4n) is 7.37. The molecule has 0 saturated carbocycles. The number of nitrogens with one attached hydrogen (secondary N) is 2. The minimum absolute atomic E-state index is 0.119. The highest BCUT2D eigenvalue weighted by molar-refractivity contribution is 5.55. The summed E-state index contributed by atoms with van der Waals surface area (Å²) in [5.74, 6) is 4.98. The minimum Gasteiger partial charge on any atom is -0.497 e. The third-order valence-corrected chi connectivity index (χ3v) is 10.6. The van der Waals surface area contributed by atoms with Gasteiger partial charge in [0.1, 0.15) is 29.0 Å². The highest BCUT2D eigenvalue weighted by Gasteiger charge is 2.15. The van der Waals surface area contributed by atoms with Crippen LogP contribution < -0.4 is 15.4 Å². The van der Waals surface area contributed by atoms with E-state index in [1.54, 1.807) is 7.11 Å². The van der Waals surface area contributed by atoms with Crippen LogP contribution in [0, 0.1) is 27.7 Å². The molecule has 9 nitrogen and oxygen atoms in total. The summed E-state index contributed by atoms with van der Waals surface area (Å²) in [6.07, 6.45) is 2.65. The van der Waals surface area contributed by atoms with E-state index in [9.17, 15) is 0 Å². The molecule has 2 N–H and O–H groups in total. The molecule has 0 aliphatic heterocycles. The molecule has 0 bridgehead atoms. The maximum atomic E-state index is 5.24. The molecule has 0 amide bonds. The van der Waals surface area contributed by atoms with E-state index < -0.39 is 0 Å². The lowest BCUT2D eigenvalue weighted by molar-refractivity contribution is 0.415. The Morgan fingerprint density at radius 2 is 0.719 bits per heavy atom. The van der Waals surface area contributed by atoms with Gasteiger partial charge in [-0.2, -0.15) is 19.9 Å². The van der Waals surface area contributed by atoms with Crippen LogP contribution >= 0.6 is 0 Å². The Morgan fingerprint density at radius 3 is 1.00 bits per heavy atom. The molecule has 0 aliphatic rings. The van der Waals surface area contributed by atoms with Gasteiger partial charge in [-0.05, 0) is 97.3 Å². The lowest BCUT2D eigenvalue weighted by Crippen LogP contribution is -2.11. The summed E-state index contributed by atoms with van der Waals surface area (Å²) in [4.78, 5) is 28.5. The quantitative estimate of drug-likeness (QED) is 0.117. The Kier molecular flexibility index (Phi) is 14.5. The van der Waals surface area contributed by atoms with E-state index in [0.29, 0.717) is 37.6 Å². The summed E-state index contributed by atoms with van der Waals surface area (Å²) >= 11 is 0. The number of anilines is 4. The van der Waals surface area contributed by atoms with Crippen molar-refractivity contribution in [2.75, 3.05) is 17.7 Å². The van der Waals surface area contributed by atoms with Gasteiger partial charge in [-0.15, -0.1) is 0 Å². The lowest BCUT2D eigenvalue weighted by atomic mass is 9.87. The Balaban J connectivity index is 0.000000192. The molecule has 6 aromatic carbocycles. The summed E-state index contributed by atoms with van der Waals surface area (Å²) < 4.78 is 5.24. The average molecular weight is 847 g/mol. The van der Waals surface area contributed by atoms with Gasteiger partial charge in [-0.3, -0.25) is 0 Å². The zero-order valence-electron chi connectivity index (χ0n) is 38.3. The average Bonchev–Trinajstić information content (AvgIpc) is 3.24. The second kappa shape index (κ2) is 20.7. The van der Waals surface area contributed by atoms with Crippen LogP contribution in [0.25, 0.3) is 0 Å². The molecule has 324 valence electrons. The zero-order chi connectivity index (χ0) is 45.1. The summed E-state index contributed by atoms with van der Waals surface area (Å²) in [6.45, 7) is 15.1. The molecule has 0 spiro atoms. The molecule has 0 radical (unpaired) electrons. The van der Waals surface area contributed by atoms with Crippen molar-refractivity contribution in [1.82, 2.24) is 29.9 Å². The van der Waals surface area contributed by atoms with Gasteiger partial charge in [0.25, 0.3) is 0 Å². The first-order chi connectivity index (χ1) is 30.8. The van der Waals surface area contributed by atoms with Gasteiger partial charge in [0.05, 0.1) is 7.11 Å². The van der Waals surface area contributed by atoms with Crippen LogP contribution in [0.4, 0.5) is 23.3 Å². The summed E-state index contributed by atoms with van der Waals surface area (Å²) in [5, 5.41) is 6.71. The second-order valence-electron chi connectivity index (χ2n) is 17.5. The SMILES string of the molecule is COc1ccc(Nc2nc(Cc3cccc(C)c3)nc(Cc3cccc(C)c3)n2)cc1.Cc1cccc(Cc2nc(Cc3cccc(C)c3)nc(Nc3ccc(C(C)(C)C)cc3)n2)c1. The van der Waals surface area contributed by atoms with Crippen LogP contribution in [0.1, 0.15) is 94.1 Å². The van der Waals surface area contributed by atoms with Gasteiger partial charge in [0.15, 0.2) is 0 Å². The van der Waals surface area contributed by atoms with E-state index in [1.807, 2.05) is 24.3 Å². The van der Waals surface area contributed by atoms with Gasteiger partial charge < -0.3 is 15.4 Å². The van der Waals surface area contributed by atoms with Crippen LogP contribution in [0.3, 0.4) is 0 Å². The Labute approximate surface area is 378 Å². The van der Waals surface area contributed by atoms with Gasteiger partial charge in [0, 0.05) is 37.1 Å². The molecular weight excluding hydrogens is 789 g/mol. The van der Waals surface area contributed by atoms with Crippen LogP contribution in [0.15, 0.2) is 146 Å². The molecule has 8 rings (SSSR count). The fraction of sp³-hybridized carbons (Fsp3) is 0.236. The van der Waals surface area contributed by atoms with Crippen molar-refractivity contribution in [3.8, 4) is 5.75 Å². The Morgan fingerprint density at radius 1 is 0.406 bits per heavy atom. The van der Waals surface area contributed by atoms with Gasteiger partial charge >= 0.3 is 0 Å². The van der Waals surface area contributed by atoms with Gasteiger partial charge in [0.2, 0.25) is 11.9 Å². The predicted molar refractivity (Wildman–Crippen MR) is 260 cm³/mol. The Bertz CT molecular complexity index is 2660. The first-order valence-corrected chi connectivity index (χ1v) is 21.8. The number of methoxy groups -OCH3 is 1. The van der Waals surface area contributed by atoms with Crippen molar-refractivity contribution < 1.29 is 4.74 Å². The molecule has 0 saturated heterocycles. The minimum atomic E-state index is 0.119. The molecule has 0 atom stereocenters. The van der Waals surface area contributed by atoms with Crippen LogP contribution in [-0.2, 0) is 31.1 Å². The smallest absolute Gasteiger partial charge is 0.230 e. The molecule has 0 fully saturated rings. The maximum Gasteiger partial charge on any atom is 0.230 e. The van der Waals surface area contributed by atoms with Crippen molar-refractivity contribution in [1.29, 1.82) is 0 Å². The monoisotopic (exact) mass is 846 g/mol. The number of hydrogen-bond acceptors (Lipinski definition) is 9. The predicted octanol–water partition coefficient (Wildman–Crippen LogP) is 12.1. The fourth-order valence-corrected chi connectivity index (χ4v) is 7.37. The van der Waals surface area contributed by atoms with Gasteiger partial charge in [-0.1, -0.05) is 152 Å². The van der Waals surface area contributed by atoms with E-state index in [0.717, 1.165) is 40.4 Å². The maximum absolute atomic E-state index is 5.24. The molecule has 2 aromatic heterocycles. The number of aryl methyl sites for hydroxylation is 4. The van der Waals surface area contributed by atoms with E-state index in [1.165, 1.54) is 50.1 Å². The number of benzene rings is 6. The topological polar surface area (TPSA) is 111 Å². The van der Waals surface area contributed by atoms with Crippen molar-refractivity contribution >= 4 is 23.3 Å². The molecule has 64 heavy (non-hydrogen) atoms. The third-order valence-electron chi connectivity index (χ3n) is 10.6. The van der Waals surface area contributed by atoms with E-state index >= 15 is 0 Å². The normalized spacial score (nSPS) is 11.1. The number of nitrogens with zero attached hydrogens (tertiary/aromatic N) is 6. The van der Waals surface area contributed by atoms with E-state index in [-0.39, 0.29) is 5.41 Å². The largest absolute Gasteiger partial charge is 0.497 e. The molecule has 9 heteroatoms. The molecule has 8 aromatic rings. The van der Waals surface area contributed by atoms with Gasteiger partial charge in [-0.25, -0.2) is 9.97 Å². The number of ether oxygens (including phenoxy) is 1. The number of hydrogen-bond donors (Lipinski definition) is 2. The molecule has 2 heterocycles. The second-order valence-corrected chi connectivity index (χ2v) is 17.5. The highest BCUT2D eigenvalue weighted by Crippen LogP contribution is 2.25. The van der Waals surface area contributed by atoms with Crippen molar-refractivity contribution in [2.24, 2.45) is 0 Å². The lowest BCUT2D eigenvalue weighted by Gasteiger charge is -2.19. The highest BCUT2D eigenvalue weighted by atomic mass is 16.5. The van der Waals surface area contributed by atoms with Crippen LogP contribution in [-0.4, -0.2) is 37.0 Å². The zero-order valence-corrected chi connectivity index (χ0v) is 38.3. The molecular formula is C55H58N8O. The Hall–Kier alpha value is -7.26. The molecule has 0 unspecified atom stereocenters. The van der Waals surface area contributed by atoms with Crippen molar-refractivity contribution in [2.45, 2.75) is 79.6 Å².